The molecule has 0 radical (unpaired) electrons. The van der Waals surface area contributed by atoms with Gasteiger partial charge in [0, 0.05) is 5.56 Å². The second kappa shape index (κ2) is 7.64. The van der Waals surface area contributed by atoms with Crippen LogP contribution in [0.1, 0.15) is 15.9 Å². The fourth-order valence-electron chi connectivity index (χ4n) is 1.75. The molecule has 0 spiro atoms. The molecule has 0 aliphatic rings. The molecular weight excluding hydrogens is 278 g/mol. The van der Waals surface area contributed by atoms with E-state index in [9.17, 15) is 9.59 Å². The predicted octanol–water partition coefficient (Wildman–Crippen LogP) is 1.71. The highest BCUT2D eigenvalue weighted by atomic mass is 16.2. The zero-order valence-electron chi connectivity index (χ0n) is 12.0. The van der Waals surface area contributed by atoms with Crippen LogP contribution in [0.15, 0.2) is 67.2 Å². The molecule has 0 heterocycles. The first-order chi connectivity index (χ1) is 10.7. The van der Waals surface area contributed by atoms with Gasteiger partial charge in [-0.1, -0.05) is 55.1 Å². The summed E-state index contributed by atoms with van der Waals surface area (Å²) in [6.45, 7) is 3.70. The maximum atomic E-state index is 11.8. The van der Waals surface area contributed by atoms with Crippen LogP contribution in [-0.4, -0.2) is 18.4 Å². The number of carbonyl (C=O) groups is 2. The van der Waals surface area contributed by atoms with Crippen LogP contribution >= 0.6 is 0 Å². The van der Waals surface area contributed by atoms with E-state index in [1.165, 1.54) is 0 Å². The Morgan fingerprint density at radius 3 is 1.95 bits per heavy atom. The number of carbonyl (C=O) groups excluding carboxylic acids is 2. The van der Waals surface area contributed by atoms with Gasteiger partial charge in [-0.3, -0.25) is 20.4 Å². The molecule has 0 bridgehead atoms. The Kier molecular flexibility index (Phi) is 5.31. The molecule has 22 heavy (non-hydrogen) atoms. The van der Waals surface area contributed by atoms with Crippen LogP contribution < -0.4 is 16.2 Å². The van der Waals surface area contributed by atoms with Gasteiger partial charge in [-0.05, 0) is 17.7 Å². The summed E-state index contributed by atoms with van der Waals surface area (Å²) in [5.74, 6) is -0.654. The van der Waals surface area contributed by atoms with Crippen LogP contribution in [0.2, 0.25) is 0 Å². The lowest BCUT2D eigenvalue weighted by Gasteiger charge is -2.11. The van der Waals surface area contributed by atoms with Crippen molar-refractivity contribution in [1.82, 2.24) is 16.2 Å². The zero-order valence-corrected chi connectivity index (χ0v) is 12.0. The molecule has 0 aliphatic heterocycles. The first kappa shape index (κ1) is 15.3. The van der Waals surface area contributed by atoms with Crippen LogP contribution in [0, 0.1) is 0 Å². The highest BCUT2D eigenvalue weighted by molar-refractivity contribution is 5.96. The van der Waals surface area contributed by atoms with Gasteiger partial charge in [0.1, 0.15) is 0 Å². The molecule has 0 atom stereocenters. The fraction of sp³-hybridized carbons (Fsp3) is 0.0588. The van der Waals surface area contributed by atoms with Crippen molar-refractivity contribution in [3.8, 4) is 0 Å². The largest absolute Gasteiger partial charge is 0.343 e. The minimum absolute atomic E-state index is 0.122. The van der Waals surface area contributed by atoms with Crippen molar-refractivity contribution < 1.29 is 9.59 Å². The third-order valence-corrected chi connectivity index (χ3v) is 2.92. The molecule has 0 aliphatic carbocycles. The molecule has 3 N–H and O–H groups in total. The minimum atomic E-state index is -0.360. The molecular formula is C17H17N3O2. The van der Waals surface area contributed by atoms with E-state index in [1.807, 2.05) is 36.4 Å². The van der Waals surface area contributed by atoms with E-state index in [4.69, 9.17) is 0 Å². The monoisotopic (exact) mass is 295 g/mol. The van der Waals surface area contributed by atoms with Crippen molar-refractivity contribution in [2.24, 2.45) is 0 Å². The van der Waals surface area contributed by atoms with Gasteiger partial charge in [-0.2, -0.15) is 0 Å². The van der Waals surface area contributed by atoms with E-state index in [-0.39, 0.29) is 18.4 Å². The zero-order chi connectivity index (χ0) is 15.8. The average molecular weight is 295 g/mol. The molecule has 5 heteroatoms. The van der Waals surface area contributed by atoms with E-state index >= 15 is 0 Å². The number of hydrogen-bond acceptors (Lipinski definition) is 3. The number of benzene rings is 2. The van der Waals surface area contributed by atoms with Crippen molar-refractivity contribution in [1.29, 1.82) is 0 Å². The van der Waals surface area contributed by atoms with Crippen molar-refractivity contribution in [3.63, 3.8) is 0 Å². The summed E-state index contributed by atoms with van der Waals surface area (Å²) in [6.07, 6.45) is 0. The van der Waals surface area contributed by atoms with Gasteiger partial charge >= 0.3 is 0 Å². The number of hydrogen-bond donors (Lipinski definition) is 3. The summed E-state index contributed by atoms with van der Waals surface area (Å²) >= 11 is 0. The van der Waals surface area contributed by atoms with E-state index < -0.39 is 0 Å². The molecule has 0 saturated carbocycles. The van der Waals surface area contributed by atoms with E-state index in [0.717, 1.165) is 5.56 Å². The Bertz CT molecular complexity index is 597. The Balaban J connectivity index is 1.74. The van der Waals surface area contributed by atoms with Gasteiger partial charge in [-0.25, -0.2) is 0 Å². The van der Waals surface area contributed by atoms with Gasteiger partial charge < -0.3 is 5.32 Å². The van der Waals surface area contributed by atoms with Crippen LogP contribution in [0.25, 0.3) is 5.70 Å². The van der Waals surface area contributed by atoms with Crippen LogP contribution in [-0.2, 0) is 4.79 Å². The van der Waals surface area contributed by atoms with E-state index in [2.05, 4.69) is 22.7 Å². The summed E-state index contributed by atoms with van der Waals surface area (Å²) in [5, 5.41) is 2.54. The molecule has 0 fully saturated rings. The molecule has 5 nitrogen and oxygen atoms in total. The van der Waals surface area contributed by atoms with Crippen molar-refractivity contribution in [2.75, 3.05) is 6.54 Å². The molecule has 112 valence electrons. The Labute approximate surface area is 129 Å². The average Bonchev–Trinajstić information content (AvgIpc) is 2.59. The van der Waals surface area contributed by atoms with Gasteiger partial charge in [0.25, 0.3) is 11.8 Å². The lowest BCUT2D eigenvalue weighted by molar-refractivity contribution is -0.120. The van der Waals surface area contributed by atoms with Gasteiger partial charge in [-0.15, -0.1) is 0 Å². The van der Waals surface area contributed by atoms with Gasteiger partial charge in [0.05, 0.1) is 12.2 Å². The molecule has 2 rings (SSSR count). The molecule has 0 unspecified atom stereocenters. The van der Waals surface area contributed by atoms with E-state index in [0.29, 0.717) is 11.3 Å². The normalized spacial score (nSPS) is 9.64. The van der Waals surface area contributed by atoms with Crippen LogP contribution in [0.5, 0.6) is 0 Å². The summed E-state index contributed by atoms with van der Waals surface area (Å²) < 4.78 is 0. The van der Waals surface area contributed by atoms with Crippen molar-refractivity contribution >= 4 is 17.5 Å². The Hall–Kier alpha value is -3.08. The van der Waals surface area contributed by atoms with Crippen molar-refractivity contribution in [3.05, 3.63) is 78.4 Å². The summed E-state index contributed by atoms with van der Waals surface area (Å²) in [4.78, 5) is 23.5. The molecule has 2 amide bonds. The maximum absolute atomic E-state index is 11.8. The molecule has 0 saturated heterocycles. The highest BCUT2D eigenvalue weighted by Gasteiger charge is 2.07. The number of rotatable bonds is 6. The molecule has 2 aromatic carbocycles. The SMILES string of the molecule is C=C(NNC(=O)CNC(=O)c1ccccc1)c1ccccc1. The smallest absolute Gasteiger partial charge is 0.257 e. The van der Waals surface area contributed by atoms with Crippen LogP contribution in [0.4, 0.5) is 0 Å². The molecule has 2 aromatic rings. The quantitative estimate of drug-likeness (QED) is 0.711. The van der Waals surface area contributed by atoms with Gasteiger partial charge in [0.2, 0.25) is 0 Å². The summed E-state index contributed by atoms with van der Waals surface area (Å²) in [6, 6.07) is 18.1. The second-order valence-corrected chi connectivity index (χ2v) is 4.57. The minimum Gasteiger partial charge on any atom is -0.343 e. The Morgan fingerprint density at radius 1 is 0.818 bits per heavy atom. The number of hydrazine groups is 1. The first-order valence-electron chi connectivity index (χ1n) is 6.79. The summed E-state index contributed by atoms with van der Waals surface area (Å²) in [5.41, 5.74) is 7.16. The maximum Gasteiger partial charge on any atom is 0.257 e. The lowest BCUT2D eigenvalue weighted by atomic mass is 10.2. The van der Waals surface area contributed by atoms with E-state index in [1.54, 1.807) is 24.3 Å². The predicted molar refractivity (Wildman–Crippen MR) is 85.5 cm³/mol. The topological polar surface area (TPSA) is 70.2 Å². The molecule has 0 aromatic heterocycles. The standard InChI is InChI=1S/C17H17N3O2/c1-13(14-8-4-2-5-9-14)19-20-16(21)12-18-17(22)15-10-6-3-7-11-15/h2-11,19H,1,12H2,(H,18,22)(H,20,21). The second-order valence-electron chi connectivity index (χ2n) is 4.57. The van der Waals surface area contributed by atoms with Gasteiger partial charge in [0.15, 0.2) is 0 Å². The van der Waals surface area contributed by atoms with Crippen molar-refractivity contribution in [2.45, 2.75) is 0 Å². The Morgan fingerprint density at radius 2 is 1.36 bits per heavy atom. The highest BCUT2D eigenvalue weighted by Crippen LogP contribution is 2.06. The fourth-order valence-corrected chi connectivity index (χ4v) is 1.75. The third-order valence-electron chi connectivity index (χ3n) is 2.92. The first-order valence-corrected chi connectivity index (χ1v) is 6.79. The number of nitrogens with one attached hydrogen (secondary N) is 3. The number of amides is 2. The summed E-state index contributed by atoms with van der Waals surface area (Å²) in [7, 11) is 0. The lowest BCUT2D eigenvalue weighted by Crippen LogP contribution is -2.42. The van der Waals surface area contributed by atoms with Crippen LogP contribution in [0.3, 0.4) is 0 Å². The third kappa shape index (κ3) is 4.49.